The normalized spacial score (nSPS) is 16.9. The molecule has 3 N–H and O–H groups in total. The Morgan fingerprint density at radius 3 is 2.34 bits per heavy atom. The molecule has 1 fully saturated rings. The van der Waals surface area contributed by atoms with E-state index in [1.807, 2.05) is 0 Å². The van der Waals surface area contributed by atoms with Gasteiger partial charge in [0.1, 0.15) is 0 Å². The fourth-order valence-corrected chi connectivity index (χ4v) is 2.81. The highest BCUT2D eigenvalue weighted by atomic mass is 19.4. The van der Waals surface area contributed by atoms with E-state index in [4.69, 9.17) is 5.84 Å². The monoisotopic (exact) mass is 409 g/mol. The molecule has 1 aliphatic rings. The highest BCUT2D eigenvalue weighted by Gasteiger charge is 2.31. The molecule has 3 rings (SSSR count). The summed E-state index contributed by atoms with van der Waals surface area (Å²) in [4.78, 5) is 38.3. The number of alkyl halides is 3. The Labute approximate surface area is 159 Å². The molecule has 0 bridgehead atoms. The van der Waals surface area contributed by atoms with E-state index in [0.29, 0.717) is 38.3 Å². The molecule has 10 nitrogen and oxygen atoms in total. The number of carbonyl (C=O) groups is 1. The van der Waals surface area contributed by atoms with E-state index in [1.54, 1.807) is 0 Å². The number of hydrogen-bond acceptors (Lipinski definition) is 7. The molecule has 29 heavy (non-hydrogen) atoms. The van der Waals surface area contributed by atoms with Crippen LogP contribution in [-0.4, -0.2) is 37.1 Å². The first-order valence-corrected chi connectivity index (χ1v) is 8.31. The Kier molecular flexibility index (Phi) is 5.50. The predicted octanol–water partition coefficient (Wildman–Crippen LogP) is -0.478. The quantitative estimate of drug-likeness (QED) is 0.372. The van der Waals surface area contributed by atoms with Gasteiger partial charge in [-0.05, 0) is 23.4 Å². The van der Waals surface area contributed by atoms with Crippen LogP contribution in [0.3, 0.4) is 0 Å². The molecular formula is C16H14F3N7O3. The van der Waals surface area contributed by atoms with Crippen molar-refractivity contribution in [1.29, 1.82) is 0 Å². The van der Waals surface area contributed by atoms with Crippen molar-refractivity contribution in [2.24, 2.45) is 26.4 Å². The van der Waals surface area contributed by atoms with Crippen molar-refractivity contribution in [2.75, 3.05) is 26.2 Å². The molecule has 2 aromatic carbocycles. The van der Waals surface area contributed by atoms with Crippen molar-refractivity contribution in [1.82, 2.24) is 10.2 Å². The van der Waals surface area contributed by atoms with Gasteiger partial charge in [0.15, 0.2) is 10.7 Å². The van der Waals surface area contributed by atoms with E-state index in [2.05, 4.69) is 25.9 Å². The number of hydrogen-bond donors (Lipinski definition) is 2. The topological polar surface area (TPSA) is 142 Å². The third-order valence-corrected chi connectivity index (χ3v) is 4.28. The van der Waals surface area contributed by atoms with Crippen LogP contribution in [0.5, 0.6) is 0 Å². The molecule has 0 atom stereocenters. The molecule has 2 amide bonds. The number of urea groups is 1. The average molecular weight is 409 g/mol. The maximum absolute atomic E-state index is 12.9. The average Bonchev–Trinajstić information content (AvgIpc) is 2.71. The number of benzene rings is 2. The first-order valence-electron chi connectivity index (χ1n) is 8.31. The fourth-order valence-electron chi connectivity index (χ4n) is 2.81. The van der Waals surface area contributed by atoms with Crippen molar-refractivity contribution >= 4 is 16.8 Å². The van der Waals surface area contributed by atoms with Gasteiger partial charge in [-0.25, -0.2) is 4.79 Å². The van der Waals surface area contributed by atoms with Crippen molar-refractivity contribution in [3.8, 4) is 0 Å². The van der Waals surface area contributed by atoms with E-state index in [9.17, 15) is 27.6 Å². The van der Waals surface area contributed by atoms with Crippen LogP contribution in [0.1, 0.15) is 5.56 Å². The van der Waals surface area contributed by atoms with Crippen LogP contribution >= 0.6 is 0 Å². The van der Waals surface area contributed by atoms with Crippen molar-refractivity contribution in [3.63, 3.8) is 0 Å². The summed E-state index contributed by atoms with van der Waals surface area (Å²) in [6, 6.07) is 1.38. The lowest BCUT2D eigenvalue weighted by atomic mass is 10.1. The SMILES string of the molecule is NN=c1c(=NN=NC(=O)N2CCNCC2)c(=O)c2cc(C(F)(F)F)ccc2c1=O. The molecule has 0 saturated carbocycles. The number of fused-ring (bicyclic) bond motifs is 1. The molecule has 1 saturated heterocycles. The van der Waals surface area contributed by atoms with Gasteiger partial charge < -0.3 is 16.1 Å². The van der Waals surface area contributed by atoms with Gasteiger partial charge in [-0.15, -0.1) is 5.10 Å². The predicted molar refractivity (Wildman–Crippen MR) is 93.9 cm³/mol. The lowest BCUT2D eigenvalue weighted by Crippen LogP contribution is -2.49. The first-order chi connectivity index (χ1) is 13.7. The summed E-state index contributed by atoms with van der Waals surface area (Å²) in [5, 5.41) is 14.2. The maximum atomic E-state index is 12.9. The molecule has 2 aromatic rings. The van der Waals surface area contributed by atoms with Crippen molar-refractivity contribution in [3.05, 3.63) is 54.9 Å². The minimum absolute atomic E-state index is 0.292. The minimum atomic E-state index is -4.71. The highest BCUT2D eigenvalue weighted by molar-refractivity contribution is 5.82. The molecule has 0 spiro atoms. The van der Waals surface area contributed by atoms with Gasteiger partial charge in [-0.3, -0.25) is 9.59 Å². The zero-order chi connectivity index (χ0) is 21.2. The zero-order valence-corrected chi connectivity index (χ0v) is 14.7. The van der Waals surface area contributed by atoms with Crippen LogP contribution in [0.15, 0.2) is 48.3 Å². The third-order valence-electron chi connectivity index (χ3n) is 4.28. The van der Waals surface area contributed by atoms with Crippen LogP contribution in [0, 0.1) is 0 Å². The van der Waals surface area contributed by atoms with Crippen LogP contribution < -0.4 is 32.7 Å². The molecule has 1 heterocycles. The molecule has 152 valence electrons. The number of nitrogens with one attached hydrogen (secondary N) is 1. The lowest BCUT2D eigenvalue weighted by molar-refractivity contribution is -0.137. The third kappa shape index (κ3) is 4.03. The van der Waals surface area contributed by atoms with Gasteiger partial charge >= 0.3 is 12.2 Å². The van der Waals surface area contributed by atoms with Gasteiger partial charge in [0, 0.05) is 37.0 Å². The number of piperazine rings is 1. The van der Waals surface area contributed by atoms with Crippen LogP contribution in [-0.2, 0) is 6.18 Å². The van der Waals surface area contributed by atoms with Crippen molar-refractivity contribution < 1.29 is 18.0 Å². The van der Waals surface area contributed by atoms with E-state index >= 15 is 0 Å². The van der Waals surface area contributed by atoms with Crippen LogP contribution in [0.4, 0.5) is 18.0 Å². The lowest BCUT2D eigenvalue weighted by Gasteiger charge is -2.24. The number of amides is 2. The molecule has 0 unspecified atom stereocenters. The molecule has 13 heteroatoms. The number of halogens is 3. The summed E-state index contributed by atoms with van der Waals surface area (Å²) in [6.07, 6.45) is -4.71. The molecule has 0 aliphatic carbocycles. The van der Waals surface area contributed by atoms with Gasteiger partial charge in [-0.1, -0.05) is 5.11 Å². The Morgan fingerprint density at radius 1 is 1.07 bits per heavy atom. The number of rotatable bonds is 1. The second kappa shape index (κ2) is 7.87. The highest BCUT2D eigenvalue weighted by Crippen LogP contribution is 2.29. The Balaban J connectivity index is 2.13. The van der Waals surface area contributed by atoms with E-state index in [-0.39, 0.29) is 5.39 Å². The summed E-state index contributed by atoms with van der Waals surface area (Å²) in [6.45, 7) is 1.94. The van der Waals surface area contributed by atoms with E-state index < -0.39 is 44.7 Å². The van der Waals surface area contributed by atoms with E-state index in [1.165, 1.54) is 4.90 Å². The van der Waals surface area contributed by atoms with E-state index in [0.717, 1.165) is 6.07 Å². The molecular weight excluding hydrogens is 395 g/mol. The smallest absolute Gasteiger partial charge is 0.322 e. The summed E-state index contributed by atoms with van der Waals surface area (Å²) in [5.41, 5.74) is -3.04. The Bertz CT molecular complexity index is 1210. The standard InChI is InChI=1S/C16H14F3N7O3/c17-16(18,19)8-1-2-9-10(7-8)14(28)12(11(22-20)13(9)27)23-25-24-15(29)26-5-3-21-4-6-26/h1-2,7,21H,3-6,20H2. The van der Waals surface area contributed by atoms with Gasteiger partial charge in [0.2, 0.25) is 10.9 Å². The minimum Gasteiger partial charge on any atom is -0.322 e. The maximum Gasteiger partial charge on any atom is 0.416 e. The Hall–Kier alpha value is -3.48. The number of nitrogens with two attached hydrogens (primary N) is 1. The van der Waals surface area contributed by atoms with Crippen molar-refractivity contribution in [2.45, 2.75) is 6.18 Å². The van der Waals surface area contributed by atoms with Crippen LogP contribution in [0.25, 0.3) is 10.8 Å². The number of carbonyl (C=O) groups excluding carboxylic acids is 1. The summed E-state index contributed by atoms with van der Waals surface area (Å²) in [7, 11) is 0. The van der Waals surface area contributed by atoms with Gasteiger partial charge in [0.25, 0.3) is 0 Å². The summed E-state index contributed by atoms with van der Waals surface area (Å²) in [5.74, 6) is 5.15. The van der Waals surface area contributed by atoms with Crippen LogP contribution in [0.2, 0.25) is 0 Å². The molecule has 0 aromatic heterocycles. The summed E-state index contributed by atoms with van der Waals surface area (Å²) < 4.78 is 38.8. The second-order valence-electron chi connectivity index (χ2n) is 6.05. The largest absolute Gasteiger partial charge is 0.416 e. The summed E-state index contributed by atoms with van der Waals surface area (Å²) >= 11 is 0. The molecule has 1 aliphatic heterocycles. The zero-order valence-electron chi connectivity index (χ0n) is 14.7. The van der Waals surface area contributed by atoms with Gasteiger partial charge in [0.05, 0.1) is 5.56 Å². The first kappa shape index (κ1) is 20.3. The number of nitrogens with zero attached hydrogens (tertiary/aromatic N) is 5. The molecule has 0 radical (unpaired) electrons. The Morgan fingerprint density at radius 2 is 1.72 bits per heavy atom. The second-order valence-corrected chi connectivity index (χ2v) is 6.05. The fraction of sp³-hybridized carbons (Fsp3) is 0.312. The van der Waals surface area contributed by atoms with Gasteiger partial charge in [-0.2, -0.15) is 18.3 Å².